The molecule has 0 atom stereocenters. The number of para-hydroxylation sites is 2. The van der Waals surface area contributed by atoms with Gasteiger partial charge in [0.05, 0.1) is 12.8 Å². The molecule has 3 rings (SSSR count). The summed E-state index contributed by atoms with van der Waals surface area (Å²) in [6.07, 6.45) is 0. The molecular formula is C21H26N2O2. The fraction of sp³-hybridized carbons (Fsp3) is 0.381. The number of hydrogen-bond acceptors (Lipinski definition) is 3. The Hall–Kier alpha value is -2.49. The third-order valence-corrected chi connectivity index (χ3v) is 4.82. The number of piperazine rings is 1. The van der Waals surface area contributed by atoms with Crippen LogP contribution in [0.25, 0.3) is 0 Å². The molecule has 25 heavy (non-hydrogen) atoms. The lowest BCUT2D eigenvalue weighted by Gasteiger charge is -2.36. The zero-order valence-electron chi connectivity index (χ0n) is 15.2. The first-order chi connectivity index (χ1) is 12.1. The SMILES string of the molecule is COc1ccccc1N1CCN(C(=O)c2ccc(C(C)C)cc2)CC1. The summed E-state index contributed by atoms with van der Waals surface area (Å²) >= 11 is 0. The monoisotopic (exact) mass is 338 g/mol. The van der Waals surface area contributed by atoms with Gasteiger partial charge in [-0.2, -0.15) is 0 Å². The van der Waals surface area contributed by atoms with E-state index in [2.05, 4.69) is 36.9 Å². The lowest BCUT2D eigenvalue weighted by Crippen LogP contribution is -2.48. The molecule has 0 unspecified atom stereocenters. The predicted octanol–water partition coefficient (Wildman–Crippen LogP) is 3.78. The van der Waals surface area contributed by atoms with Crippen molar-refractivity contribution in [2.24, 2.45) is 0 Å². The first-order valence-electron chi connectivity index (χ1n) is 8.87. The van der Waals surface area contributed by atoms with Crippen LogP contribution in [0.3, 0.4) is 0 Å². The molecule has 0 radical (unpaired) electrons. The molecule has 1 aliphatic rings. The average molecular weight is 338 g/mol. The lowest BCUT2D eigenvalue weighted by molar-refractivity contribution is 0.0746. The van der Waals surface area contributed by atoms with Crippen LogP contribution in [0.1, 0.15) is 35.7 Å². The van der Waals surface area contributed by atoms with Gasteiger partial charge in [0.15, 0.2) is 0 Å². The van der Waals surface area contributed by atoms with Gasteiger partial charge in [0.25, 0.3) is 5.91 Å². The second-order valence-electron chi connectivity index (χ2n) is 6.73. The largest absolute Gasteiger partial charge is 0.495 e. The Bertz CT molecular complexity index is 717. The third kappa shape index (κ3) is 3.78. The number of carbonyl (C=O) groups excluding carboxylic acids is 1. The fourth-order valence-corrected chi connectivity index (χ4v) is 3.23. The maximum absolute atomic E-state index is 12.7. The Kier molecular flexibility index (Phi) is 5.27. The predicted molar refractivity (Wildman–Crippen MR) is 102 cm³/mol. The van der Waals surface area contributed by atoms with Gasteiger partial charge in [-0.25, -0.2) is 0 Å². The van der Waals surface area contributed by atoms with Crippen LogP contribution in [0.4, 0.5) is 5.69 Å². The summed E-state index contributed by atoms with van der Waals surface area (Å²) in [5.74, 6) is 1.48. The number of amides is 1. The van der Waals surface area contributed by atoms with Gasteiger partial charge in [0, 0.05) is 31.7 Å². The quantitative estimate of drug-likeness (QED) is 0.850. The summed E-state index contributed by atoms with van der Waals surface area (Å²) in [4.78, 5) is 17.0. The van der Waals surface area contributed by atoms with E-state index in [0.29, 0.717) is 5.92 Å². The Morgan fingerprint density at radius 2 is 1.60 bits per heavy atom. The normalized spacial score (nSPS) is 14.7. The van der Waals surface area contributed by atoms with Crippen molar-refractivity contribution in [3.05, 3.63) is 59.7 Å². The molecular weight excluding hydrogens is 312 g/mol. The number of rotatable bonds is 4. The molecule has 1 saturated heterocycles. The Morgan fingerprint density at radius 3 is 2.20 bits per heavy atom. The number of nitrogens with zero attached hydrogens (tertiary/aromatic N) is 2. The fourth-order valence-electron chi connectivity index (χ4n) is 3.23. The Balaban J connectivity index is 1.64. The average Bonchev–Trinajstić information content (AvgIpc) is 2.67. The summed E-state index contributed by atoms with van der Waals surface area (Å²) in [5, 5.41) is 0. The van der Waals surface area contributed by atoms with E-state index in [9.17, 15) is 4.79 Å². The van der Waals surface area contributed by atoms with Crippen LogP contribution in [0.15, 0.2) is 48.5 Å². The third-order valence-electron chi connectivity index (χ3n) is 4.82. The molecule has 1 aliphatic heterocycles. The zero-order valence-corrected chi connectivity index (χ0v) is 15.2. The summed E-state index contributed by atoms with van der Waals surface area (Å²) in [5.41, 5.74) is 3.13. The van der Waals surface area contributed by atoms with Gasteiger partial charge < -0.3 is 14.5 Å². The van der Waals surface area contributed by atoms with Crippen molar-refractivity contribution < 1.29 is 9.53 Å². The van der Waals surface area contributed by atoms with E-state index in [4.69, 9.17) is 4.74 Å². The van der Waals surface area contributed by atoms with Crippen molar-refractivity contribution in [1.29, 1.82) is 0 Å². The molecule has 0 aromatic heterocycles. The molecule has 1 heterocycles. The highest BCUT2D eigenvalue weighted by Crippen LogP contribution is 2.28. The number of benzene rings is 2. The molecule has 0 bridgehead atoms. The van der Waals surface area contributed by atoms with Crippen molar-refractivity contribution in [3.8, 4) is 5.75 Å². The van der Waals surface area contributed by atoms with Crippen LogP contribution in [0.5, 0.6) is 5.75 Å². The maximum atomic E-state index is 12.7. The second-order valence-corrected chi connectivity index (χ2v) is 6.73. The summed E-state index contributed by atoms with van der Waals surface area (Å²) in [6, 6.07) is 16.1. The van der Waals surface area contributed by atoms with E-state index in [1.54, 1.807) is 7.11 Å². The van der Waals surface area contributed by atoms with Crippen LogP contribution < -0.4 is 9.64 Å². The highest BCUT2D eigenvalue weighted by Gasteiger charge is 2.23. The molecule has 0 saturated carbocycles. The minimum Gasteiger partial charge on any atom is -0.495 e. The number of ether oxygens (including phenoxy) is 1. The summed E-state index contributed by atoms with van der Waals surface area (Å²) in [7, 11) is 1.69. The summed E-state index contributed by atoms with van der Waals surface area (Å²) in [6.45, 7) is 7.40. The first kappa shape index (κ1) is 17.3. The van der Waals surface area contributed by atoms with Crippen LogP contribution in [0.2, 0.25) is 0 Å². The molecule has 1 fully saturated rings. The molecule has 0 spiro atoms. The molecule has 1 amide bonds. The minimum atomic E-state index is 0.120. The van der Waals surface area contributed by atoms with Gasteiger partial charge >= 0.3 is 0 Å². The lowest BCUT2D eigenvalue weighted by atomic mass is 10.0. The van der Waals surface area contributed by atoms with Crippen molar-refractivity contribution in [2.45, 2.75) is 19.8 Å². The molecule has 2 aromatic carbocycles. The number of hydrogen-bond donors (Lipinski definition) is 0. The second kappa shape index (κ2) is 7.60. The maximum Gasteiger partial charge on any atom is 0.253 e. The van der Waals surface area contributed by atoms with Gasteiger partial charge in [-0.3, -0.25) is 4.79 Å². The molecule has 4 nitrogen and oxygen atoms in total. The Morgan fingerprint density at radius 1 is 0.960 bits per heavy atom. The van der Waals surface area contributed by atoms with E-state index in [1.807, 2.05) is 35.2 Å². The topological polar surface area (TPSA) is 32.8 Å². The van der Waals surface area contributed by atoms with Crippen LogP contribution >= 0.6 is 0 Å². The molecule has 0 N–H and O–H groups in total. The molecule has 132 valence electrons. The van der Waals surface area contributed by atoms with Gasteiger partial charge in [-0.05, 0) is 35.7 Å². The number of carbonyl (C=O) groups is 1. The van der Waals surface area contributed by atoms with Crippen LogP contribution in [0, 0.1) is 0 Å². The van der Waals surface area contributed by atoms with E-state index in [-0.39, 0.29) is 5.91 Å². The van der Waals surface area contributed by atoms with E-state index in [0.717, 1.165) is 43.2 Å². The highest BCUT2D eigenvalue weighted by atomic mass is 16.5. The van der Waals surface area contributed by atoms with Crippen LogP contribution in [-0.2, 0) is 0 Å². The van der Waals surface area contributed by atoms with Crippen molar-refractivity contribution >= 4 is 11.6 Å². The molecule has 4 heteroatoms. The van der Waals surface area contributed by atoms with E-state index in [1.165, 1.54) is 5.56 Å². The van der Waals surface area contributed by atoms with Crippen LogP contribution in [-0.4, -0.2) is 44.1 Å². The smallest absolute Gasteiger partial charge is 0.253 e. The van der Waals surface area contributed by atoms with Gasteiger partial charge in [-0.15, -0.1) is 0 Å². The van der Waals surface area contributed by atoms with Crippen molar-refractivity contribution in [1.82, 2.24) is 4.90 Å². The van der Waals surface area contributed by atoms with Gasteiger partial charge in [0.2, 0.25) is 0 Å². The van der Waals surface area contributed by atoms with Crippen molar-refractivity contribution in [2.75, 3.05) is 38.2 Å². The molecule has 2 aromatic rings. The number of methoxy groups -OCH3 is 1. The summed E-state index contributed by atoms with van der Waals surface area (Å²) < 4.78 is 5.45. The Labute approximate surface area is 150 Å². The zero-order chi connectivity index (χ0) is 17.8. The van der Waals surface area contributed by atoms with Gasteiger partial charge in [0.1, 0.15) is 5.75 Å². The van der Waals surface area contributed by atoms with E-state index < -0.39 is 0 Å². The first-order valence-corrected chi connectivity index (χ1v) is 8.87. The minimum absolute atomic E-state index is 0.120. The standard InChI is InChI=1S/C21H26N2O2/c1-16(2)17-8-10-18(11-9-17)21(24)23-14-12-22(13-15-23)19-6-4-5-7-20(19)25-3/h4-11,16H,12-15H2,1-3H3. The van der Waals surface area contributed by atoms with E-state index >= 15 is 0 Å². The number of anilines is 1. The van der Waals surface area contributed by atoms with Gasteiger partial charge in [-0.1, -0.05) is 38.1 Å². The highest BCUT2D eigenvalue weighted by molar-refractivity contribution is 5.94. The van der Waals surface area contributed by atoms with Crippen molar-refractivity contribution in [3.63, 3.8) is 0 Å². The molecule has 0 aliphatic carbocycles.